The van der Waals surface area contributed by atoms with Gasteiger partial charge >= 0.3 is 0 Å². The standard InChI is InChI=1S/C7H9N3/c1-3-7-9-6(2)4-10(7)5-8/h4H,3H2,1-2H3. The molecule has 0 N–H and O–H groups in total. The van der Waals surface area contributed by atoms with Crippen LogP contribution in [0.5, 0.6) is 0 Å². The van der Waals surface area contributed by atoms with Crippen LogP contribution >= 0.6 is 0 Å². The van der Waals surface area contributed by atoms with Gasteiger partial charge in [-0.05, 0) is 6.92 Å². The highest BCUT2D eigenvalue weighted by atomic mass is 15.1. The summed E-state index contributed by atoms with van der Waals surface area (Å²) in [6, 6.07) is 0. The van der Waals surface area contributed by atoms with Crippen molar-refractivity contribution in [3.63, 3.8) is 0 Å². The molecule has 0 spiro atoms. The maximum absolute atomic E-state index is 8.54. The van der Waals surface area contributed by atoms with E-state index in [9.17, 15) is 0 Å². The quantitative estimate of drug-likeness (QED) is 0.578. The van der Waals surface area contributed by atoms with Crippen LogP contribution in [-0.4, -0.2) is 9.55 Å². The molecule has 0 aliphatic rings. The molecule has 0 saturated carbocycles. The van der Waals surface area contributed by atoms with E-state index in [1.807, 2.05) is 20.0 Å². The topological polar surface area (TPSA) is 41.6 Å². The Morgan fingerprint density at radius 1 is 1.80 bits per heavy atom. The van der Waals surface area contributed by atoms with Crippen molar-refractivity contribution >= 4 is 0 Å². The normalized spacial score (nSPS) is 9.30. The summed E-state index contributed by atoms with van der Waals surface area (Å²) in [4.78, 5) is 4.14. The molecule has 0 aliphatic carbocycles. The summed E-state index contributed by atoms with van der Waals surface area (Å²) >= 11 is 0. The molecular weight excluding hydrogens is 126 g/mol. The molecule has 1 aromatic heterocycles. The van der Waals surface area contributed by atoms with Crippen molar-refractivity contribution in [2.24, 2.45) is 0 Å². The Morgan fingerprint density at radius 3 is 2.90 bits per heavy atom. The summed E-state index contributed by atoms with van der Waals surface area (Å²) in [5.41, 5.74) is 0.901. The first-order valence-corrected chi connectivity index (χ1v) is 3.23. The van der Waals surface area contributed by atoms with E-state index in [-0.39, 0.29) is 0 Å². The van der Waals surface area contributed by atoms with Crippen LogP contribution in [0.3, 0.4) is 0 Å². The van der Waals surface area contributed by atoms with Crippen molar-refractivity contribution in [3.8, 4) is 6.19 Å². The zero-order valence-electron chi connectivity index (χ0n) is 6.13. The highest BCUT2D eigenvalue weighted by Crippen LogP contribution is 2.00. The zero-order valence-corrected chi connectivity index (χ0v) is 6.13. The van der Waals surface area contributed by atoms with E-state index >= 15 is 0 Å². The third kappa shape index (κ3) is 1.01. The van der Waals surface area contributed by atoms with Gasteiger partial charge in [0.05, 0.1) is 5.69 Å². The van der Waals surface area contributed by atoms with Crippen LogP contribution < -0.4 is 0 Å². The van der Waals surface area contributed by atoms with E-state index in [0.29, 0.717) is 0 Å². The molecule has 0 aliphatic heterocycles. The molecule has 0 bridgehead atoms. The predicted molar refractivity (Wildman–Crippen MR) is 37.4 cm³/mol. The lowest BCUT2D eigenvalue weighted by Crippen LogP contribution is -1.93. The molecule has 3 nitrogen and oxygen atoms in total. The average molecular weight is 135 g/mol. The van der Waals surface area contributed by atoms with Gasteiger partial charge in [0.15, 0.2) is 6.19 Å². The van der Waals surface area contributed by atoms with E-state index in [4.69, 9.17) is 5.26 Å². The number of hydrogen-bond donors (Lipinski definition) is 0. The molecular formula is C7H9N3. The van der Waals surface area contributed by atoms with Crippen molar-refractivity contribution in [2.45, 2.75) is 20.3 Å². The van der Waals surface area contributed by atoms with Gasteiger partial charge in [0.2, 0.25) is 0 Å². The van der Waals surface area contributed by atoms with Crippen molar-refractivity contribution in [1.82, 2.24) is 9.55 Å². The van der Waals surface area contributed by atoms with Gasteiger partial charge in [0.25, 0.3) is 0 Å². The van der Waals surface area contributed by atoms with E-state index < -0.39 is 0 Å². The lowest BCUT2D eigenvalue weighted by Gasteiger charge is -1.89. The van der Waals surface area contributed by atoms with Gasteiger partial charge in [-0.3, -0.25) is 0 Å². The summed E-state index contributed by atoms with van der Waals surface area (Å²) in [7, 11) is 0. The number of aromatic nitrogens is 2. The first-order chi connectivity index (χ1) is 4.77. The monoisotopic (exact) mass is 135 g/mol. The minimum atomic E-state index is 0.807. The van der Waals surface area contributed by atoms with Crippen LogP contribution in [0.15, 0.2) is 6.20 Å². The Bertz CT molecular complexity index is 267. The summed E-state index contributed by atoms with van der Waals surface area (Å²) in [6.07, 6.45) is 4.56. The fourth-order valence-corrected chi connectivity index (χ4v) is 0.884. The molecule has 1 aromatic rings. The summed E-state index contributed by atoms with van der Waals surface area (Å²) < 4.78 is 1.50. The van der Waals surface area contributed by atoms with Gasteiger partial charge in [-0.2, -0.15) is 5.26 Å². The van der Waals surface area contributed by atoms with Crippen LogP contribution in [0.2, 0.25) is 0 Å². The second-order valence-electron chi connectivity index (χ2n) is 2.12. The first-order valence-electron chi connectivity index (χ1n) is 3.23. The molecule has 0 fully saturated rings. The molecule has 1 heterocycles. The zero-order chi connectivity index (χ0) is 7.56. The second-order valence-corrected chi connectivity index (χ2v) is 2.12. The van der Waals surface area contributed by atoms with Crippen LogP contribution in [0, 0.1) is 18.4 Å². The molecule has 0 amide bonds. The number of aryl methyl sites for hydroxylation is 2. The van der Waals surface area contributed by atoms with E-state index in [1.165, 1.54) is 4.57 Å². The van der Waals surface area contributed by atoms with Gasteiger partial charge in [0, 0.05) is 12.6 Å². The molecule has 0 aromatic carbocycles. The second kappa shape index (κ2) is 2.53. The maximum atomic E-state index is 8.54. The smallest absolute Gasteiger partial charge is 0.189 e. The molecule has 0 saturated heterocycles. The Hall–Kier alpha value is -1.30. The van der Waals surface area contributed by atoms with Crippen LogP contribution in [0.25, 0.3) is 0 Å². The van der Waals surface area contributed by atoms with E-state index in [1.54, 1.807) is 6.20 Å². The Labute approximate surface area is 59.9 Å². The number of nitrogens with zero attached hydrogens (tertiary/aromatic N) is 3. The largest absolute Gasteiger partial charge is 0.240 e. The fraction of sp³-hybridized carbons (Fsp3) is 0.429. The number of nitriles is 1. The third-order valence-corrected chi connectivity index (χ3v) is 1.32. The molecule has 0 unspecified atom stereocenters. The lowest BCUT2D eigenvalue weighted by molar-refractivity contribution is 0.900. The van der Waals surface area contributed by atoms with Gasteiger partial charge in [-0.25, -0.2) is 9.55 Å². The van der Waals surface area contributed by atoms with Crippen molar-refractivity contribution in [1.29, 1.82) is 5.26 Å². The summed E-state index contributed by atoms with van der Waals surface area (Å²) in [5.74, 6) is 0.833. The molecule has 0 radical (unpaired) electrons. The van der Waals surface area contributed by atoms with Gasteiger partial charge in [-0.15, -0.1) is 0 Å². The first kappa shape index (κ1) is 6.81. The van der Waals surface area contributed by atoms with E-state index in [0.717, 1.165) is 17.9 Å². The molecule has 1 rings (SSSR count). The fourth-order valence-electron chi connectivity index (χ4n) is 0.884. The SMILES string of the molecule is CCc1nc(C)cn1C#N. The average Bonchev–Trinajstić information content (AvgIpc) is 2.30. The Morgan fingerprint density at radius 2 is 2.50 bits per heavy atom. The third-order valence-electron chi connectivity index (χ3n) is 1.32. The van der Waals surface area contributed by atoms with Gasteiger partial charge < -0.3 is 0 Å². The molecule has 52 valence electrons. The van der Waals surface area contributed by atoms with E-state index in [2.05, 4.69) is 4.98 Å². The highest BCUT2D eigenvalue weighted by molar-refractivity contribution is 5.07. The Kier molecular flexibility index (Phi) is 1.72. The lowest BCUT2D eigenvalue weighted by atomic mass is 10.5. The highest BCUT2D eigenvalue weighted by Gasteiger charge is 2.00. The minimum Gasteiger partial charge on any atom is -0.240 e. The number of hydrogen-bond acceptors (Lipinski definition) is 2. The molecule has 3 heteroatoms. The van der Waals surface area contributed by atoms with Crippen molar-refractivity contribution in [3.05, 3.63) is 17.7 Å². The van der Waals surface area contributed by atoms with Crippen molar-refractivity contribution in [2.75, 3.05) is 0 Å². The predicted octanol–water partition coefficient (Wildman–Crippen LogP) is 1.08. The van der Waals surface area contributed by atoms with Crippen LogP contribution in [0.1, 0.15) is 18.4 Å². The minimum absolute atomic E-state index is 0.807. The maximum Gasteiger partial charge on any atom is 0.189 e. The molecule has 10 heavy (non-hydrogen) atoms. The number of rotatable bonds is 1. The summed E-state index contributed by atoms with van der Waals surface area (Å²) in [6.45, 7) is 3.86. The van der Waals surface area contributed by atoms with Crippen molar-refractivity contribution < 1.29 is 0 Å². The summed E-state index contributed by atoms with van der Waals surface area (Å²) in [5, 5.41) is 8.54. The van der Waals surface area contributed by atoms with Crippen LogP contribution in [0.4, 0.5) is 0 Å². The van der Waals surface area contributed by atoms with Crippen LogP contribution in [-0.2, 0) is 6.42 Å². The Balaban J connectivity index is 3.12. The number of imidazole rings is 1. The molecule has 0 atom stereocenters. The van der Waals surface area contributed by atoms with Gasteiger partial charge in [-0.1, -0.05) is 6.92 Å². The van der Waals surface area contributed by atoms with Gasteiger partial charge in [0.1, 0.15) is 5.82 Å².